The minimum atomic E-state index is -0.166. The lowest BCUT2D eigenvalue weighted by Gasteiger charge is -2.31. The Morgan fingerprint density at radius 1 is 1.11 bits per heavy atom. The van der Waals surface area contributed by atoms with E-state index >= 15 is 0 Å². The van der Waals surface area contributed by atoms with Gasteiger partial charge in [0, 0.05) is 12.0 Å². The predicted molar refractivity (Wildman–Crippen MR) is 80.2 cm³/mol. The first-order valence-corrected chi connectivity index (χ1v) is 7.15. The van der Waals surface area contributed by atoms with Crippen molar-refractivity contribution >= 4 is 0 Å². The number of hydrogen-bond donors (Lipinski definition) is 1. The maximum absolute atomic E-state index is 6.55. The SMILES string of the molecule is Cc1cc(C)cc(C(N)C2CC(C)(C)OC2(C)C)c1. The molecular weight excluding hydrogens is 234 g/mol. The number of aryl methyl sites for hydroxylation is 2. The molecule has 1 aromatic rings. The molecule has 1 aliphatic heterocycles. The maximum Gasteiger partial charge on any atom is 0.0680 e. The van der Waals surface area contributed by atoms with Crippen molar-refractivity contribution in [3.8, 4) is 0 Å². The van der Waals surface area contributed by atoms with Crippen LogP contribution in [0, 0.1) is 19.8 Å². The first-order valence-electron chi connectivity index (χ1n) is 7.15. The molecule has 0 amide bonds. The number of nitrogens with two attached hydrogens (primary N) is 1. The van der Waals surface area contributed by atoms with Crippen LogP contribution in [-0.2, 0) is 4.74 Å². The number of rotatable bonds is 2. The Balaban J connectivity index is 2.31. The lowest BCUT2D eigenvalue weighted by molar-refractivity contribution is -0.0767. The second-order valence-corrected chi connectivity index (χ2v) is 7.22. The van der Waals surface area contributed by atoms with Gasteiger partial charge >= 0.3 is 0 Å². The summed E-state index contributed by atoms with van der Waals surface area (Å²) in [5.41, 5.74) is 10.1. The summed E-state index contributed by atoms with van der Waals surface area (Å²) in [7, 11) is 0. The number of hydrogen-bond acceptors (Lipinski definition) is 2. The summed E-state index contributed by atoms with van der Waals surface area (Å²) in [4.78, 5) is 0. The average Bonchev–Trinajstić information content (AvgIpc) is 2.44. The Hall–Kier alpha value is -0.860. The molecule has 0 aliphatic carbocycles. The highest BCUT2D eigenvalue weighted by atomic mass is 16.5. The van der Waals surface area contributed by atoms with Crippen LogP contribution in [0.4, 0.5) is 0 Å². The third-order valence-corrected chi connectivity index (χ3v) is 4.21. The van der Waals surface area contributed by atoms with Crippen molar-refractivity contribution in [1.82, 2.24) is 0 Å². The Kier molecular flexibility index (Phi) is 3.53. The molecule has 0 saturated carbocycles. The van der Waals surface area contributed by atoms with Gasteiger partial charge in [-0.1, -0.05) is 29.3 Å². The molecule has 1 fully saturated rings. The van der Waals surface area contributed by atoms with Crippen molar-refractivity contribution in [3.63, 3.8) is 0 Å². The lowest BCUT2D eigenvalue weighted by Crippen LogP contribution is -2.35. The molecule has 1 saturated heterocycles. The van der Waals surface area contributed by atoms with Gasteiger partial charge in [-0.15, -0.1) is 0 Å². The molecule has 2 atom stereocenters. The zero-order chi connectivity index (χ0) is 14.4. The second-order valence-electron chi connectivity index (χ2n) is 7.22. The van der Waals surface area contributed by atoms with E-state index in [-0.39, 0.29) is 17.2 Å². The fourth-order valence-electron chi connectivity index (χ4n) is 3.60. The summed E-state index contributed by atoms with van der Waals surface area (Å²) in [5.74, 6) is 0.351. The zero-order valence-corrected chi connectivity index (χ0v) is 13.1. The summed E-state index contributed by atoms with van der Waals surface area (Å²) in [5, 5.41) is 0. The first-order chi connectivity index (χ1) is 8.61. The standard InChI is InChI=1S/C17H27NO/c1-11-7-12(2)9-13(8-11)15(18)14-10-16(3,4)19-17(14,5)6/h7-9,14-15H,10,18H2,1-6H3. The number of benzene rings is 1. The van der Waals surface area contributed by atoms with Gasteiger partial charge < -0.3 is 10.5 Å². The molecule has 106 valence electrons. The van der Waals surface area contributed by atoms with E-state index in [9.17, 15) is 0 Å². The molecule has 2 nitrogen and oxygen atoms in total. The fourth-order valence-corrected chi connectivity index (χ4v) is 3.60. The Morgan fingerprint density at radius 2 is 1.63 bits per heavy atom. The average molecular weight is 261 g/mol. The van der Waals surface area contributed by atoms with E-state index in [1.54, 1.807) is 0 Å². The summed E-state index contributed by atoms with van der Waals surface area (Å²) in [6.45, 7) is 12.9. The van der Waals surface area contributed by atoms with Crippen molar-refractivity contribution < 1.29 is 4.74 Å². The van der Waals surface area contributed by atoms with Crippen LogP contribution in [0.15, 0.2) is 18.2 Å². The van der Waals surface area contributed by atoms with Crippen molar-refractivity contribution in [2.24, 2.45) is 11.7 Å². The third kappa shape index (κ3) is 3.01. The highest BCUT2D eigenvalue weighted by Gasteiger charge is 2.48. The molecule has 19 heavy (non-hydrogen) atoms. The summed E-state index contributed by atoms with van der Waals surface area (Å²) in [6, 6.07) is 6.64. The molecule has 2 unspecified atom stereocenters. The van der Waals surface area contributed by atoms with Crippen molar-refractivity contribution in [2.75, 3.05) is 0 Å². The van der Waals surface area contributed by atoms with Crippen LogP contribution >= 0.6 is 0 Å². The van der Waals surface area contributed by atoms with E-state index in [4.69, 9.17) is 10.5 Å². The van der Waals surface area contributed by atoms with E-state index in [1.165, 1.54) is 16.7 Å². The fraction of sp³-hybridized carbons (Fsp3) is 0.647. The monoisotopic (exact) mass is 261 g/mol. The molecule has 0 aromatic heterocycles. The summed E-state index contributed by atoms with van der Waals surface area (Å²) in [6.07, 6.45) is 1.01. The van der Waals surface area contributed by atoms with Gasteiger partial charge in [-0.05, 0) is 53.5 Å². The van der Waals surface area contributed by atoms with Crippen molar-refractivity contribution in [3.05, 3.63) is 34.9 Å². The van der Waals surface area contributed by atoms with Crippen molar-refractivity contribution in [1.29, 1.82) is 0 Å². The Morgan fingerprint density at radius 3 is 2.05 bits per heavy atom. The third-order valence-electron chi connectivity index (χ3n) is 4.21. The molecule has 2 heteroatoms. The van der Waals surface area contributed by atoms with E-state index < -0.39 is 0 Å². The Labute approximate surface area is 117 Å². The largest absolute Gasteiger partial charge is 0.369 e. The second kappa shape index (κ2) is 4.60. The molecule has 0 radical (unpaired) electrons. The van der Waals surface area contributed by atoms with Gasteiger partial charge in [0.1, 0.15) is 0 Å². The van der Waals surface area contributed by atoms with Gasteiger partial charge in [-0.3, -0.25) is 0 Å². The van der Waals surface area contributed by atoms with Gasteiger partial charge in [0.25, 0.3) is 0 Å². The maximum atomic E-state index is 6.55. The van der Waals surface area contributed by atoms with E-state index in [1.807, 2.05) is 0 Å². The first kappa shape index (κ1) is 14.5. The summed E-state index contributed by atoms with van der Waals surface area (Å²) < 4.78 is 6.17. The molecule has 1 heterocycles. The van der Waals surface area contributed by atoms with Gasteiger partial charge in [-0.2, -0.15) is 0 Å². The van der Waals surface area contributed by atoms with Crippen LogP contribution in [0.3, 0.4) is 0 Å². The van der Waals surface area contributed by atoms with Crippen LogP contribution in [-0.4, -0.2) is 11.2 Å². The van der Waals surface area contributed by atoms with Gasteiger partial charge in [-0.25, -0.2) is 0 Å². The highest BCUT2D eigenvalue weighted by Crippen LogP contribution is 2.46. The van der Waals surface area contributed by atoms with Crippen molar-refractivity contribution in [2.45, 2.75) is 65.2 Å². The summed E-state index contributed by atoms with van der Waals surface area (Å²) >= 11 is 0. The molecule has 2 N–H and O–H groups in total. The zero-order valence-electron chi connectivity index (χ0n) is 13.1. The van der Waals surface area contributed by atoms with E-state index in [2.05, 4.69) is 59.7 Å². The smallest absolute Gasteiger partial charge is 0.0680 e. The molecular formula is C17H27NO. The van der Waals surface area contributed by atoms with Crippen LogP contribution < -0.4 is 5.73 Å². The van der Waals surface area contributed by atoms with E-state index in [0.29, 0.717) is 5.92 Å². The van der Waals surface area contributed by atoms with Crippen LogP contribution in [0.25, 0.3) is 0 Å². The quantitative estimate of drug-likeness (QED) is 0.876. The minimum absolute atomic E-state index is 0.0374. The molecule has 0 spiro atoms. The van der Waals surface area contributed by atoms with Crippen LogP contribution in [0.5, 0.6) is 0 Å². The lowest BCUT2D eigenvalue weighted by atomic mass is 9.79. The number of ether oxygens (including phenoxy) is 1. The molecule has 2 rings (SSSR count). The molecule has 1 aliphatic rings. The predicted octanol–water partition coefficient (Wildman–Crippen LogP) is 3.90. The highest BCUT2D eigenvalue weighted by molar-refractivity contribution is 5.31. The van der Waals surface area contributed by atoms with E-state index in [0.717, 1.165) is 6.42 Å². The normalized spacial score (nSPS) is 26.4. The minimum Gasteiger partial charge on any atom is -0.369 e. The topological polar surface area (TPSA) is 35.2 Å². The van der Waals surface area contributed by atoms with Gasteiger partial charge in [0.2, 0.25) is 0 Å². The molecule has 1 aromatic carbocycles. The van der Waals surface area contributed by atoms with Gasteiger partial charge in [0.05, 0.1) is 11.2 Å². The Bertz CT molecular complexity index is 456. The van der Waals surface area contributed by atoms with Crippen LogP contribution in [0.2, 0.25) is 0 Å². The van der Waals surface area contributed by atoms with Crippen LogP contribution in [0.1, 0.15) is 56.8 Å². The van der Waals surface area contributed by atoms with Gasteiger partial charge in [0.15, 0.2) is 0 Å². The molecule has 0 bridgehead atoms.